The number of aromatic nitrogens is 2. The van der Waals surface area contributed by atoms with Gasteiger partial charge in [0.1, 0.15) is 0 Å². The molecule has 2 aromatic rings. The van der Waals surface area contributed by atoms with Crippen LogP contribution in [0.15, 0.2) is 27.8 Å². The number of nitrogens with zero attached hydrogens (tertiary/aromatic N) is 2. The SMILES string of the molecule is CNCCn1c(=O)c2cc(C(F)(F)F)ccc2n(C)c1=O. The number of halogens is 3. The first-order valence-corrected chi connectivity index (χ1v) is 6.22. The molecule has 1 N–H and O–H groups in total. The molecule has 0 bridgehead atoms. The zero-order valence-corrected chi connectivity index (χ0v) is 11.5. The van der Waals surface area contributed by atoms with E-state index < -0.39 is 23.0 Å². The van der Waals surface area contributed by atoms with Gasteiger partial charge in [0, 0.05) is 20.1 Å². The van der Waals surface area contributed by atoms with Gasteiger partial charge < -0.3 is 5.32 Å². The number of alkyl halides is 3. The number of likely N-dealkylation sites (N-methyl/N-ethyl adjacent to an activating group) is 1. The highest BCUT2D eigenvalue weighted by atomic mass is 19.4. The Morgan fingerprint density at radius 1 is 1.24 bits per heavy atom. The minimum Gasteiger partial charge on any atom is -0.318 e. The topological polar surface area (TPSA) is 56.0 Å². The van der Waals surface area contributed by atoms with Crippen molar-refractivity contribution < 1.29 is 13.2 Å². The summed E-state index contributed by atoms with van der Waals surface area (Å²) in [7, 11) is 3.07. The first-order chi connectivity index (χ1) is 9.77. The molecule has 2 rings (SSSR count). The Morgan fingerprint density at radius 3 is 2.48 bits per heavy atom. The van der Waals surface area contributed by atoms with Crippen molar-refractivity contribution in [2.24, 2.45) is 7.05 Å². The molecule has 0 aliphatic carbocycles. The summed E-state index contributed by atoms with van der Waals surface area (Å²) in [6, 6.07) is 2.79. The molecule has 0 saturated heterocycles. The molecule has 0 spiro atoms. The molecular formula is C13H14F3N3O2. The summed E-state index contributed by atoms with van der Waals surface area (Å²) in [5.74, 6) is 0. The number of fused-ring (bicyclic) bond motifs is 1. The van der Waals surface area contributed by atoms with Crippen molar-refractivity contribution in [2.75, 3.05) is 13.6 Å². The minimum atomic E-state index is -4.54. The Morgan fingerprint density at radius 2 is 1.90 bits per heavy atom. The largest absolute Gasteiger partial charge is 0.416 e. The first kappa shape index (κ1) is 15.3. The van der Waals surface area contributed by atoms with Crippen LogP contribution >= 0.6 is 0 Å². The minimum absolute atomic E-state index is 0.0915. The lowest BCUT2D eigenvalue weighted by Crippen LogP contribution is -2.41. The average Bonchev–Trinajstić information content (AvgIpc) is 2.43. The van der Waals surface area contributed by atoms with Gasteiger partial charge in [0.05, 0.1) is 16.5 Å². The molecule has 0 unspecified atom stereocenters. The Kier molecular flexibility index (Phi) is 3.91. The zero-order chi connectivity index (χ0) is 15.8. The number of hydrogen-bond acceptors (Lipinski definition) is 3. The Labute approximate surface area is 117 Å². The van der Waals surface area contributed by atoms with Crippen LogP contribution in [-0.2, 0) is 19.8 Å². The summed E-state index contributed by atoms with van der Waals surface area (Å²) in [5.41, 5.74) is -2.00. The summed E-state index contributed by atoms with van der Waals surface area (Å²) in [6.07, 6.45) is -4.54. The maximum Gasteiger partial charge on any atom is 0.416 e. The van der Waals surface area contributed by atoms with E-state index in [1.165, 1.54) is 11.6 Å². The summed E-state index contributed by atoms with van der Waals surface area (Å²) in [5, 5.41) is 2.66. The summed E-state index contributed by atoms with van der Waals surface area (Å²) in [4.78, 5) is 24.3. The third kappa shape index (κ3) is 2.71. The molecule has 0 fully saturated rings. The third-order valence-electron chi connectivity index (χ3n) is 3.26. The van der Waals surface area contributed by atoms with Gasteiger partial charge in [-0.3, -0.25) is 13.9 Å². The quantitative estimate of drug-likeness (QED) is 0.918. The lowest BCUT2D eigenvalue weighted by Gasteiger charge is -2.12. The number of aryl methyl sites for hydroxylation is 1. The van der Waals surface area contributed by atoms with Crippen LogP contribution in [0.1, 0.15) is 5.56 Å². The molecular weight excluding hydrogens is 287 g/mol. The van der Waals surface area contributed by atoms with Crippen LogP contribution in [0.5, 0.6) is 0 Å². The van der Waals surface area contributed by atoms with E-state index in [-0.39, 0.29) is 17.4 Å². The Balaban J connectivity index is 2.79. The van der Waals surface area contributed by atoms with E-state index in [1.807, 2.05) is 0 Å². The zero-order valence-electron chi connectivity index (χ0n) is 11.5. The molecule has 0 aliphatic heterocycles. The van der Waals surface area contributed by atoms with Gasteiger partial charge in [-0.2, -0.15) is 13.2 Å². The second-order valence-corrected chi connectivity index (χ2v) is 4.63. The lowest BCUT2D eigenvalue weighted by atomic mass is 10.1. The van der Waals surface area contributed by atoms with Crippen LogP contribution in [0, 0.1) is 0 Å². The van der Waals surface area contributed by atoms with Gasteiger partial charge in [-0.05, 0) is 25.2 Å². The van der Waals surface area contributed by atoms with E-state index in [2.05, 4.69) is 5.32 Å². The van der Waals surface area contributed by atoms with Gasteiger partial charge in [0.15, 0.2) is 0 Å². The number of hydrogen-bond donors (Lipinski definition) is 1. The predicted octanol–water partition coefficient (Wildman–Crippen LogP) is 0.938. The molecule has 0 saturated carbocycles. The highest BCUT2D eigenvalue weighted by Crippen LogP contribution is 2.30. The van der Waals surface area contributed by atoms with Crippen LogP contribution in [0.2, 0.25) is 0 Å². The third-order valence-corrected chi connectivity index (χ3v) is 3.26. The average molecular weight is 301 g/mol. The fourth-order valence-electron chi connectivity index (χ4n) is 2.11. The van der Waals surface area contributed by atoms with Gasteiger partial charge >= 0.3 is 11.9 Å². The van der Waals surface area contributed by atoms with Gasteiger partial charge in [-0.15, -0.1) is 0 Å². The van der Waals surface area contributed by atoms with Gasteiger partial charge in [-0.1, -0.05) is 0 Å². The highest BCUT2D eigenvalue weighted by molar-refractivity contribution is 5.78. The maximum absolute atomic E-state index is 12.7. The standard InChI is InChI=1S/C13H14F3N3O2/c1-17-5-6-19-11(20)9-7-8(13(14,15)16)3-4-10(9)18(2)12(19)21/h3-4,7,17H,5-6H2,1-2H3. The monoisotopic (exact) mass is 301 g/mol. The van der Waals surface area contributed by atoms with Crippen molar-refractivity contribution in [3.8, 4) is 0 Å². The van der Waals surface area contributed by atoms with E-state index in [4.69, 9.17) is 0 Å². The molecule has 1 heterocycles. The van der Waals surface area contributed by atoms with Gasteiger partial charge in [0.2, 0.25) is 0 Å². The van der Waals surface area contributed by atoms with Gasteiger partial charge in [-0.25, -0.2) is 4.79 Å². The fraction of sp³-hybridized carbons (Fsp3) is 0.385. The van der Waals surface area contributed by atoms with E-state index in [0.717, 1.165) is 22.8 Å². The molecule has 8 heteroatoms. The van der Waals surface area contributed by atoms with Crippen molar-refractivity contribution in [2.45, 2.75) is 12.7 Å². The Hall–Kier alpha value is -2.09. The maximum atomic E-state index is 12.7. The van der Waals surface area contributed by atoms with Crippen molar-refractivity contribution in [1.82, 2.24) is 14.5 Å². The fourth-order valence-corrected chi connectivity index (χ4v) is 2.11. The van der Waals surface area contributed by atoms with Crippen LogP contribution < -0.4 is 16.6 Å². The second-order valence-electron chi connectivity index (χ2n) is 4.63. The molecule has 1 aromatic carbocycles. The van der Waals surface area contributed by atoms with Crippen molar-refractivity contribution in [1.29, 1.82) is 0 Å². The summed E-state index contributed by atoms with van der Waals surface area (Å²) < 4.78 is 40.3. The van der Waals surface area contributed by atoms with Crippen LogP contribution in [0.4, 0.5) is 13.2 Å². The highest BCUT2D eigenvalue weighted by Gasteiger charge is 2.31. The summed E-state index contributed by atoms with van der Waals surface area (Å²) >= 11 is 0. The van der Waals surface area contributed by atoms with Crippen LogP contribution in [-0.4, -0.2) is 22.7 Å². The molecule has 21 heavy (non-hydrogen) atoms. The smallest absolute Gasteiger partial charge is 0.318 e. The van der Waals surface area contributed by atoms with E-state index in [1.54, 1.807) is 7.05 Å². The Bertz CT molecular complexity index is 790. The molecule has 114 valence electrons. The normalized spacial score (nSPS) is 12.0. The molecule has 5 nitrogen and oxygen atoms in total. The van der Waals surface area contributed by atoms with Crippen molar-refractivity contribution in [3.05, 3.63) is 44.6 Å². The molecule has 1 aromatic heterocycles. The molecule has 0 amide bonds. The van der Waals surface area contributed by atoms with Gasteiger partial charge in [0.25, 0.3) is 5.56 Å². The predicted molar refractivity (Wildman–Crippen MR) is 72.4 cm³/mol. The first-order valence-electron chi connectivity index (χ1n) is 6.22. The number of benzene rings is 1. The van der Waals surface area contributed by atoms with Crippen LogP contribution in [0.3, 0.4) is 0 Å². The van der Waals surface area contributed by atoms with Crippen LogP contribution in [0.25, 0.3) is 10.9 Å². The van der Waals surface area contributed by atoms with E-state index in [9.17, 15) is 22.8 Å². The van der Waals surface area contributed by atoms with Crippen molar-refractivity contribution in [3.63, 3.8) is 0 Å². The van der Waals surface area contributed by atoms with E-state index >= 15 is 0 Å². The lowest BCUT2D eigenvalue weighted by molar-refractivity contribution is -0.137. The molecule has 0 radical (unpaired) electrons. The van der Waals surface area contributed by atoms with E-state index in [0.29, 0.717) is 6.54 Å². The second kappa shape index (κ2) is 5.36. The number of rotatable bonds is 3. The molecule has 0 aliphatic rings. The molecule has 0 atom stereocenters. The summed E-state index contributed by atoms with van der Waals surface area (Å²) in [6.45, 7) is 0.452. The van der Waals surface area contributed by atoms with Crippen molar-refractivity contribution >= 4 is 10.9 Å². The number of nitrogens with one attached hydrogen (secondary N) is 1.